The molecule has 0 aliphatic heterocycles. The first-order valence-electron chi connectivity index (χ1n) is 0.548. The van der Waals surface area contributed by atoms with Crippen molar-refractivity contribution in [2.45, 2.75) is 0 Å². The zero-order valence-corrected chi connectivity index (χ0v) is 5.35. The van der Waals surface area contributed by atoms with Gasteiger partial charge in [-0.05, 0) is 0 Å². The van der Waals surface area contributed by atoms with Crippen molar-refractivity contribution >= 4 is 0 Å². The Morgan fingerprint density at radius 2 is 1.60 bits per heavy atom. The fourth-order valence-electron chi connectivity index (χ4n) is 0. The van der Waals surface area contributed by atoms with Gasteiger partial charge in [0.15, 0.2) is 0 Å². The van der Waals surface area contributed by atoms with Gasteiger partial charge in [-0.25, -0.2) is 0 Å². The predicted octanol–water partition coefficient (Wildman–Crippen LogP) is -0.394. The Labute approximate surface area is 40.7 Å². The molecule has 4 nitrogen and oxygen atoms in total. The topological polar surface area (TPSA) is 63.0 Å². The van der Waals surface area contributed by atoms with Crippen LogP contribution in [-0.4, -0.2) is 5.09 Å². The van der Waals surface area contributed by atoms with E-state index in [2.05, 4.69) is 0 Å². The van der Waals surface area contributed by atoms with E-state index in [4.69, 9.17) is 15.3 Å². The number of rotatable bonds is 0. The Balaban J connectivity index is 0. The van der Waals surface area contributed by atoms with Gasteiger partial charge in [0.25, 0.3) is 0 Å². The molecule has 0 unspecified atom stereocenters. The molecule has 0 aromatic heterocycles. The largest absolute Gasteiger partial charge is 0.322 e. The van der Waals surface area contributed by atoms with E-state index >= 15 is 0 Å². The van der Waals surface area contributed by atoms with Crippen LogP contribution < -0.4 is 0 Å². The smallest absolute Gasteiger partial charge is 0.107 e. The molecule has 0 heterocycles. The summed E-state index contributed by atoms with van der Waals surface area (Å²) in [5.41, 5.74) is 0. The summed E-state index contributed by atoms with van der Waals surface area (Å²) >= 11 is 0. The van der Waals surface area contributed by atoms with E-state index in [9.17, 15) is 0 Å². The Morgan fingerprint density at radius 3 is 1.60 bits per heavy atom. The van der Waals surface area contributed by atoms with Gasteiger partial charge in [0.05, 0.1) is 0 Å². The zero-order chi connectivity index (χ0) is 3.58. The van der Waals surface area contributed by atoms with Crippen LogP contribution in [0.2, 0.25) is 0 Å². The van der Waals surface area contributed by atoms with E-state index in [1.165, 1.54) is 0 Å². The van der Waals surface area contributed by atoms with Crippen LogP contribution in [0.3, 0.4) is 0 Å². The molecule has 0 amide bonds. The SMILES string of the molecule is [O][N+](=O)[O-].[Zn]. The molecule has 1 radical (unpaired) electrons. The van der Waals surface area contributed by atoms with E-state index in [1.807, 2.05) is 0 Å². The molecule has 25 valence electrons. The van der Waals surface area contributed by atoms with Crippen molar-refractivity contribution in [2.24, 2.45) is 0 Å². The summed E-state index contributed by atoms with van der Waals surface area (Å²) < 4.78 is 0. The number of nitrogens with zero attached hydrogens (tertiary/aromatic N) is 1. The Morgan fingerprint density at radius 1 is 1.60 bits per heavy atom. The molecule has 0 aromatic rings. The molecule has 0 bridgehead atoms. The van der Waals surface area contributed by atoms with Gasteiger partial charge >= 0.3 is 5.09 Å². The van der Waals surface area contributed by atoms with E-state index in [1.54, 1.807) is 0 Å². The van der Waals surface area contributed by atoms with Crippen LogP contribution in [0.15, 0.2) is 0 Å². The quantitative estimate of drug-likeness (QED) is 0.253. The zero-order valence-electron chi connectivity index (χ0n) is 2.38. The summed E-state index contributed by atoms with van der Waals surface area (Å²) in [4.78, 5) is 8.25. The fraction of sp³-hybridized carbons (Fsp3) is 0. The molecule has 0 N–H and O–H groups in total. The van der Waals surface area contributed by atoms with Gasteiger partial charge in [-0.2, -0.15) is 0 Å². The third-order valence-corrected chi connectivity index (χ3v) is 0. The van der Waals surface area contributed by atoms with E-state index in [-0.39, 0.29) is 19.5 Å². The van der Waals surface area contributed by atoms with Crippen LogP contribution in [0, 0.1) is 10.1 Å². The van der Waals surface area contributed by atoms with E-state index in [0.717, 1.165) is 0 Å². The monoisotopic (exact) mass is 126 g/mol. The second kappa shape index (κ2) is 3.82. The van der Waals surface area contributed by atoms with Crippen molar-refractivity contribution in [1.82, 2.24) is 0 Å². The van der Waals surface area contributed by atoms with Gasteiger partial charge in [-0.1, -0.05) is 0 Å². The summed E-state index contributed by atoms with van der Waals surface area (Å²) in [6, 6.07) is 0. The van der Waals surface area contributed by atoms with Gasteiger partial charge in [-0.3, -0.25) is 0 Å². The van der Waals surface area contributed by atoms with Crippen LogP contribution in [0.1, 0.15) is 0 Å². The first kappa shape index (κ1) is 8.85. The van der Waals surface area contributed by atoms with Gasteiger partial charge in [0, 0.05) is 19.5 Å². The van der Waals surface area contributed by atoms with Crippen molar-refractivity contribution in [3.8, 4) is 0 Å². The van der Waals surface area contributed by atoms with Gasteiger partial charge in [-0.15, -0.1) is 15.3 Å². The molecule has 0 spiro atoms. The van der Waals surface area contributed by atoms with Crippen molar-refractivity contribution in [2.75, 3.05) is 0 Å². The van der Waals surface area contributed by atoms with Gasteiger partial charge in [0.2, 0.25) is 0 Å². The van der Waals surface area contributed by atoms with Crippen LogP contribution in [0.4, 0.5) is 0 Å². The average Bonchev–Trinajstić information content (AvgIpc) is 0.811. The van der Waals surface area contributed by atoms with Crippen LogP contribution in [0.5, 0.6) is 0 Å². The molecule has 5 heavy (non-hydrogen) atoms. The molecule has 0 aromatic carbocycles. The molecule has 0 atom stereocenters. The summed E-state index contributed by atoms with van der Waals surface area (Å²) in [6.07, 6.45) is 0. The molecule has 0 fully saturated rings. The summed E-state index contributed by atoms with van der Waals surface area (Å²) in [7, 11) is 0. The minimum Gasteiger partial charge on any atom is -0.107 e. The van der Waals surface area contributed by atoms with E-state index < -0.39 is 5.09 Å². The fourth-order valence-corrected chi connectivity index (χ4v) is 0. The summed E-state index contributed by atoms with van der Waals surface area (Å²) in [5, 5.41) is 14.8. The van der Waals surface area contributed by atoms with Crippen molar-refractivity contribution < 1.29 is 29.8 Å². The van der Waals surface area contributed by atoms with Gasteiger partial charge < -0.3 is 0 Å². The summed E-state index contributed by atoms with van der Waals surface area (Å²) in [6.45, 7) is 0. The average molecular weight is 127 g/mol. The standard InChI is InChI=1S/NO3.Zn/c2-1(3)4;. The van der Waals surface area contributed by atoms with Crippen LogP contribution in [-0.2, 0) is 24.7 Å². The second-order valence-corrected chi connectivity index (χ2v) is 0.224. The third-order valence-electron chi connectivity index (χ3n) is 0. The predicted molar refractivity (Wildman–Crippen MR) is 7.68 cm³/mol. The summed E-state index contributed by atoms with van der Waals surface area (Å²) in [5.74, 6) is 0. The molecule has 0 rings (SSSR count). The van der Waals surface area contributed by atoms with Crippen molar-refractivity contribution in [1.29, 1.82) is 0 Å². The Hall–Kier alpha value is -0.177. The van der Waals surface area contributed by atoms with Crippen LogP contribution in [0.25, 0.3) is 0 Å². The molecule has 5 heteroatoms. The normalized spacial score (nSPS) is 4.80. The molecule has 0 saturated heterocycles. The van der Waals surface area contributed by atoms with Crippen LogP contribution >= 0.6 is 0 Å². The van der Waals surface area contributed by atoms with Gasteiger partial charge in [0.1, 0.15) is 0 Å². The van der Waals surface area contributed by atoms with Crippen molar-refractivity contribution in [3.63, 3.8) is 0 Å². The van der Waals surface area contributed by atoms with Crippen molar-refractivity contribution in [3.05, 3.63) is 10.1 Å². The molecule has 0 aliphatic carbocycles. The Bertz CT molecular complexity index is 29.9. The third kappa shape index (κ3) is 407. The van der Waals surface area contributed by atoms with E-state index in [0.29, 0.717) is 0 Å². The maximum Gasteiger partial charge on any atom is 0.322 e. The second-order valence-electron chi connectivity index (χ2n) is 0.224. The first-order valence-corrected chi connectivity index (χ1v) is 0.548. The maximum atomic E-state index is 8.25. The first-order chi connectivity index (χ1) is 1.73. The minimum atomic E-state index is -1.75. The number of hydrogen-bond donors (Lipinski definition) is 0. The molecular formula is NO3Zn. The maximum absolute atomic E-state index is 8.25. The molecule has 0 aliphatic rings. The Kier molecular flexibility index (Phi) is 6.76. The minimum absolute atomic E-state index is 0. The molecule has 0 saturated carbocycles. The number of hydrogen-bond acceptors (Lipinski definition) is 2. The molecular weight excluding hydrogens is 127 g/mol.